The predicted molar refractivity (Wildman–Crippen MR) is 138 cm³/mol. The highest BCUT2D eigenvalue weighted by Crippen LogP contribution is 2.55. The van der Waals surface area contributed by atoms with Gasteiger partial charge in [-0.3, -0.25) is 0 Å². The summed E-state index contributed by atoms with van der Waals surface area (Å²) in [6.07, 6.45) is 15.8. The first-order valence-corrected chi connectivity index (χ1v) is 11.8. The van der Waals surface area contributed by atoms with Gasteiger partial charge in [-0.15, -0.1) is 0 Å². The van der Waals surface area contributed by atoms with Crippen molar-refractivity contribution < 1.29 is 0 Å². The molecule has 1 unspecified atom stereocenters. The molecule has 1 atom stereocenters. The maximum Gasteiger partial charge on any atom is 0.0500 e. The van der Waals surface area contributed by atoms with Gasteiger partial charge in [-0.2, -0.15) is 0 Å². The molecule has 162 valence electrons. The summed E-state index contributed by atoms with van der Waals surface area (Å²) in [5, 5.41) is 0. The van der Waals surface area contributed by atoms with E-state index in [2.05, 4.69) is 111 Å². The van der Waals surface area contributed by atoms with Gasteiger partial charge in [0.05, 0.1) is 0 Å². The first-order valence-electron chi connectivity index (χ1n) is 11.8. The van der Waals surface area contributed by atoms with Crippen LogP contribution in [0.1, 0.15) is 59.1 Å². The van der Waals surface area contributed by atoms with Crippen molar-refractivity contribution >= 4 is 0 Å². The molecular weight excluding hydrogens is 372 g/mol. The molecule has 0 nitrogen and oxygen atoms in total. The highest BCUT2D eigenvalue weighted by molar-refractivity contribution is 5.74. The molecule has 0 aliphatic heterocycles. The summed E-state index contributed by atoms with van der Waals surface area (Å²) in [7, 11) is 0. The first-order chi connectivity index (χ1) is 15.3. The molecule has 31 heavy (non-hydrogen) atoms. The SMILES string of the molecule is C/C=C1/C2=C(C=CCC=C2)C(Cc2ccccc2)(c2ccccc2)/C1=C/C.CC.CC. The van der Waals surface area contributed by atoms with Crippen molar-refractivity contribution in [2.45, 2.75) is 59.8 Å². The Morgan fingerprint density at radius 1 is 0.742 bits per heavy atom. The van der Waals surface area contributed by atoms with Crippen molar-refractivity contribution in [1.29, 1.82) is 0 Å². The van der Waals surface area contributed by atoms with Gasteiger partial charge in [0.25, 0.3) is 0 Å². The van der Waals surface area contributed by atoms with Crippen molar-refractivity contribution in [2.24, 2.45) is 0 Å². The van der Waals surface area contributed by atoms with Crippen LogP contribution < -0.4 is 0 Å². The van der Waals surface area contributed by atoms with E-state index in [1.807, 2.05) is 27.7 Å². The summed E-state index contributed by atoms with van der Waals surface area (Å²) < 4.78 is 0. The van der Waals surface area contributed by atoms with Gasteiger partial charge < -0.3 is 0 Å². The lowest BCUT2D eigenvalue weighted by Gasteiger charge is -2.35. The summed E-state index contributed by atoms with van der Waals surface area (Å²) in [5.41, 5.74) is 8.17. The molecule has 2 aliphatic carbocycles. The molecule has 4 rings (SSSR count). The van der Waals surface area contributed by atoms with Gasteiger partial charge in [0.2, 0.25) is 0 Å². The van der Waals surface area contributed by atoms with Gasteiger partial charge in [-0.05, 0) is 60.1 Å². The van der Waals surface area contributed by atoms with Crippen LogP contribution in [0.25, 0.3) is 0 Å². The number of allylic oxidation sites excluding steroid dienone is 10. The lowest BCUT2D eigenvalue weighted by molar-refractivity contribution is 0.620. The number of benzene rings is 2. The van der Waals surface area contributed by atoms with Crippen LogP contribution in [0, 0.1) is 0 Å². The molecule has 0 N–H and O–H groups in total. The topological polar surface area (TPSA) is 0 Å². The van der Waals surface area contributed by atoms with Crippen LogP contribution in [-0.2, 0) is 11.8 Å². The van der Waals surface area contributed by atoms with Crippen LogP contribution in [0.3, 0.4) is 0 Å². The Hall–Kier alpha value is -2.86. The standard InChI is InChI=1S/C27H26.2C2H6/c1-3-23-24-18-12-7-13-19-26(24)27(25(23)4-2,22-16-10-6-11-17-22)20-21-14-8-5-9-15-21;2*1-2/h3-6,8-19H,7,20H2,1-2H3;2*1-2H3/b23-3-,25-4+;;. The lowest BCUT2D eigenvalue weighted by Crippen LogP contribution is -2.30. The van der Waals surface area contributed by atoms with E-state index in [0.717, 1.165) is 12.8 Å². The first kappa shape index (κ1) is 24.4. The second-order valence-corrected chi connectivity index (χ2v) is 7.21. The third-order valence-corrected chi connectivity index (χ3v) is 5.79. The van der Waals surface area contributed by atoms with E-state index in [4.69, 9.17) is 0 Å². The molecule has 0 heteroatoms. The van der Waals surface area contributed by atoms with Gasteiger partial charge in [-0.25, -0.2) is 0 Å². The summed E-state index contributed by atoms with van der Waals surface area (Å²) >= 11 is 0. The largest absolute Gasteiger partial charge is 0.0826 e. The van der Waals surface area contributed by atoms with Crippen molar-refractivity contribution in [1.82, 2.24) is 0 Å². The van der Waals surface area contributed by atoms with E-state index >= 15 is 0 Å². The van der Waals surface area contributed by atoms with Crippen molar-refractivity contribution in [3.8, 4) is 0 Å². The molecule has 0 heterocycles. The lowest BCUT2D eigenvalue weighted by atomic mass is 9.67. The van der Waals surface area contributed by atoms with E-state index in [1.165, 1.54) is 33.4 Å². The number of hydrogen-bond acceptors (Lipinski definition) is 0. The molecule has 0 aromatic heterocycles. The summed E-state index contributed by atoms with van der Waals surface area (Å²) in [5.74, 6) is 0. The normalized spacial score (nSPS) is 21.7. The van der Waals surface area contributed by atoms with Gasteiger partial charge in [-0.1, -0.05) is 125 Å². The van der Waals surface area contributed by atoms with Crippen LogP contribution >= 0.6 is 0 Å². The Kier molecular flexibility index (Phi) is 9.53. The Balaban J connectivity index is 0.000000807. The monoisotopic (exact) mass is 410 g/mol. The highest BCUT2D eigenvalue weighted by Gasteiger charge is 2.46. The van der Waals surface area contributed by atoms with Gasteiger partial charge >= 0.3 is 0 Å². The number of rotatable bonds is 3. The summed E-state index contributed by atoms with van der Waals surface area (Å²) in [6.45, 7) is 12.3. The second-order valence-electron chi connectivity index (χ2n) is 7.21. The van der Waals surface area contributed by atoms with Crippen LogP contribution in [-0.4, -0.2) is 0 Å². The zero-order valence-corrected chi connectivity index (χ0v) is 20.2. The molecule has 0 amide bonds. The van der Waals surface area contributed by atoms with Crippen molar-refractivity contribution in [3.05, 3.63) is 131 Å². The predicted octanol–water partition coefficient (Wildman–Crippen LogP) is 8.94. The van der Waals surface area contributed by atoms with Crippen LogP contribution in [0.4, 0.5) is 0 Å². The molecule has 2 aromatic carbocycles. The zero-order valence-electron chi connectivity index (χ0n) is 20.2. The van der Waals surface area contributed by atoms with E-state index in [1.54, 1.807) is 0 Å². The minimum Gasteiger partial charge on any atom is -0.0826 e. The molecule has 0 bridgehead atoms. The van der Waals surface area contributed by atoms with E-state index in [9.17, 15) is 0 Å². The average molecular weight is 411 g/mol. The van der Waals surface area contributed by atoms with E-state index < -0.39 is 0 Å². The minimum atomic E-state index is -0.153. The Morgan fingerprint density at radius 2 is 1.32 bits per heavy atom. The van der Waals surface area contributed by atoms with Crippen LogP contribution in [0.2, 0.25) is 0 Å². The zero-order chi connectivity index (χ0) is 22.7. The maximum atomic E-state index is 2.37. The van der Waals surface area contributed by atoms with E-state index in [-0.39, 0.29) is 5.41 Å². The fraction of sp³-hybridized carbons (Fsp3) is 0.290. The fourth-order valence-corrected chi connectivity index (χ4v) is 4.70. The van der Waals surface area contributed by atoms with Crippen molar-refractivity contribution in [2.75, 3.05) is 0 Å². The van der Waals surface area contributed by atoms with Gasteiger partial charge in [0.15, 0.2) is 0 Å². The summed E-state index contributed by atoms with van der Waals surface area (Å²) in [4.78, 5) is 0. The Labute approximate surface area is 190 Å². The quantitative estimate of drug-likeness (QED) is 0.473. The Morgan fingerprint density at radius 3 is 1.90 bits per heavy atom. The van der Waals surface area contributed by atoms with Gasteiger partial charge in [0, 0.05) is 5.41 Å². The van der Waals surface area contributed by atoms with Gasteiger partial charge in [0.1, 0.15) is 0 Å². The smallest absolute Gasteiger partial charge is 0.0500 e. The third-order valence-electron chi connectivity index (χ3n) is 5.79. The van der Waals surface area contributed by atoms with Crippen LogP contribution in [0.15, 0.2) is 119 Å². The second kappa shape index (κ2) is 12.1. The number of hydrogen-bond donors (Lipinski definition) is 0. The molecule has 0 radical (unpaired) electrons. The minimum absolute atomic E-state index is 0.153. The molecule has 2 aromatic rings. The summed E-state index contributed by atoms with van der Waals surface area (Å²) in [6, 6.07) is 21.9. The molecule has 0 saturated heterocycles. The molecule has 2 aliphatic rings. The van der Waals surface area contributed by atoms with Crippen molar-refractivity contribution in [3.63, 3.8) is 0 Å². The fourth-order valence-electron chi connectivity index (χ4n) is 4.70. The molecule has 0 spiro atoms. The maximum absolute atomic E-state index is 2.37. The average Bonchev–Trinajstić information content (AvgIpc) is 2.97. The third kappa shape index (κ3) is 4.74. The Bertz CT molecular complexity index is 965. The molecular formula is C31H38. The van der Waals surface area contributed by atoms with Crippen LogP contribution in [0.5, 0.6) is 0 Å². The van der Waals surface area contributed by atoms with E-state index in [0.29, 0.717) is 0 Å². The highest BCUT2D eigenvalue weighted by atomic mass is 14.5. The molecule has 0 fully saturated rings. The molecule has 0 saturated carbocycles.